The van der Waals surface area contributed by atoms with Crippen LogP contribution >= 0.6 is 0 Å². The number of benzene rings is 2. The molecule has 10 nitrogen and oxygen atoms in total. The molecule has 1 amide bonds. The Morgan fingerprint density at radius 1 is 1.12 bits per heavy atom. The number of H-pyrrole nitrogens is 2. The number of pyridine rings is 1. The maximum Gasteiger partial charge on any atom is 0.329 e. The maximum absolute atomic E-state index is 12.6. The van der Waals surface area contributed by atoms with Crippen molar-refractivity contribution in [3.8, 4) is 17.1 Å². The highest BCUT2D eigenvalue weighted by molar-refractivity contribution is 5.99. The van der Waals surface area contributed by atoms with Gasteiger partial charge in [0.1, 0.15) is 18.2 Å². The SMILES string of the molecule is CC(=O)[O-].O=C(N[C@@H](COc1ccccc1)C(=O)O)c1ccc2nc(-c3cc[nH+]cc3)[nH]c2c1. The van der Waals surface area contributed by atoms with Crippen molar-refractivity contribution in [2.75, 3.05) is 6.61 Å². The molecule has 0 aliphatic heterocycles. The number of imidazole rings is 1. The summed E-state index contributed by atoms with van der Waals surface area (Å²) in [5.74, 6) is -1.56. The van der Waals surface area contributed by atoms with Gasteiger partial charge in [-0.05, 0) is 37.3 Å². The summed E-state index contributed by atoms with van der Waals surface area (Å²) in [7, 11) is 0. The molecule has 34 heavy (non-hydrogen) atoms. The molecule has 0 spiro atoms. The van der Waals surface area contributed by atoms with E-state index in [1.807, 2.05) is 18.2 Å². The zero-order valence-electron chi connectivity index (χ0n) is 18.1. The van der Waals surface area contributed by atoms with Crippen LogP contribution in [-0.4, -0.2) is 45.6 Å². The van der Waals surface area contributed by atoms with Gasteiger partial charge in [-0.15, -0.1) is 0 Å². The smallest absolute Gasteiger partial charge is 0.329 e. The lowest BCUT2D eigenvalue weighted by Gasteiger charge is -2.15. The molecule has 0 aliphatic carbocycles. The largest absolute Gasteiger partial charge is 0.550 e. The standard InChI is InChI=1S/C22H18N4O4.C2H4O2/c27-21(26-19(22(28)29)13-30-16-4-2-1-3-5-16)15-6-7-17-18(12-15)25-20(24-17)14-8-10-23-11-9-14;1-2(3)4/h1-12,19H,13H2,(H,24,25)(H,26,27)(H,28,29);1H3,(H,3,4)/t19-;/m0./s1. The monoisotopic (exact) mass is 462 g/mol. The molecule has 0 aliphatic rings. The average molecular weight is 462 g/mol. The van der Waals surface area contributed by atoms with Gasteiger partial charge < -0.3 is 30.0 Å². The van der Waals surface area contributed by atoms with Crippen LogP contribution in [0.2, 0.25) is 0 Å². The zero-order valence-corrected chi connectivity index (χ0v) is 18.1. The fourth-order valence-corrected chi connectivity index (χ4v) is 2.94. The van der Waals surface area contributed by atoms with Crippen LogP contribution in [0, 0.1) is 0 Å². The average Bonchev–Trinajstić information content (AvgIpc) is 3.26. The van der Waals surface area contributed by atoms with E-state index in [9.17, 15) is 14.7 Å². The minimum absolute atomic E-state index is 0.188. The number of aliphatic carboxylic acids is 2. The van der Waals surface area contributed by atoms with E-state index < -0.39 is 23.9 Å². The van der Waals surface area contributed by atoms with Gasteiger partial charge in [0.2, 0.25) is 0 Å². The lowest BCUT2D eigenvalue weighted by atomic mass is 10.1. The Labute approximate surface area is 194 Å². The second kappa shape index (κ2) is 11.2. The molecule has 0 bridgehead atoms. The van der Waals surface area contributed by atoms with E-state index in [4.69, 9.17) is 14.6 Å². The number of carboxylic acids is 2. The molecule has 2 aromatic heterocycles. The Morgan fingerprint density at radius 2 is 1.79 bits per heavy atom. The molecule has 2 aromatic carbocycles. The fraction of sp³-hybridized carbons (Fsp3) is 0.125. The van der Waals surface area contributed by atoms with E-state index in [-0.39, 0.29) is 6.61 Å². The second-order valence-corrected chi connectivity index (χ2v) is 7.09. The fourth-order valence-electron chi connectivity index (χ4n) is 2.94. The Bertz CT molecular complexity index is 1270. The molecule has 4 rings (SSSR count). The van der Waals surface area contributed by atoms with E-state index in [1.165, 1.54) is 0 Å². The topological polar surface area (TPSA) is 159 Å². The quantitative estimate of drug-likeness (QED) is 0.370. The predicted molar refractivity (Wildman–Crippen MR) is 120 cm³/mol. The normalized spacial score (nSPS) is 11.1. The number of nitrogens with one attached hydrogen (secondary N) is 3. The maximum atomic E-state index is 12.6. The molecule has 0 saturated carbocycles. The molecule has 0 unspecified atom stereocenters. The first-order chi connectivity index (χ1) is 16.3. The zero-order chi connectivity index (χ0) is 24.5. The van der Waals surface area contributed by atoms with Gasteiger partial charge in [-0.3, -0.25) is 4.79 Å². The summed E-state index contributed by atoms with van der Waals surface area (Å²) in [5.41, 5.74) is 2.61. The third kappa shape index (κ3) is 6.63. The van der Waals surface area contributed by atoms with Gasteiger partial charge in [-0.2, -0.15) is 0 Å². The van der Waals surface area contributed by atoms with Crippen molar-refractivity contribution in [3.05, 3.63) is 78.6 Å². The first-order valence-electron chi connectivity index (χ1n) is 10.2. The van der Waals surface area contributed by atoms with Crippen molar-refractivity contribution in [1.29, 1.82) is 0 Å². The molecule has 1 atom stereocenters. The van der Waals surface area contributed by atoms with Crippen molar-refractivity contribution in [2.45, 2.75) is 13.0 Å². The van der Waals surface area contributed by atoms with E-state index in [2.05, 4.69) is 20.3 Å². The number of hydrogen-bond donors (Lipinski definition) is 3. The van der Waals surface area contributed by atoms with E-state index in [1.54, 1.807) is 54.9 Å². The third-order valence-corrected chi connectivity index (χ3v) is 4.50. The van der Waals surface area contributed by atoms with Crippen LogP contribution < -0.4 is 20.1 Å². The summed E-state index contributed by atoms with van der Waals surface area (Å²) in [6.45, 7) is 0.784. The van der Waals surface area contributed by atoms with E-state index in [0.717, 1.165) is 12.5 Å². The van der Waals surface area contributed by atoms with Gasteiger partial charge in [-0.25, -0.2) is 14.8 Å². The molecule has 0 radical (unpaired) electrons. The number of aromatic nitrogens is 3. The molecule has 174 valence electrons. The Balaban J connectivity index is 0.000000751. The van der Waals surface area contributed by atoms with Gasteiger partial charge in [0.05, 0.1) is 11.0 Å². The summed E-state index contributed by atoms with van der Waals surface area (Å²) in [4.78, 5) is 43.7. The van der Waals surface area contributed by atoms with Crippen molar-refractivity contribution in [2.24, 2.45) is 0 Å². The van der Waals surface area contributed by atoms with Crippen LogP contribution in [0.1, 0.15) is 17.3 Å². The van der Waals surface area contributed by atoms with Crippen LogP contribution in [0.5, 0.6) is 5.75 Å². The summed E-state index contributed by atoms with van der Waals surface area (Å²) in [6.07, 6.45) is 3.59. The van der Waals surface area contributed by atoms with Gasteiger partial charge in [0.25, 0.3) is 5.91 Å². The molecule has 4 N–H and O–H groups in total. The predicted octanol–water partition coefficient (Wildman–Crippen LogP) is 1.06. The van der Waals surface area contributed by atoms with Gasteiger partial charge in [0.15, 0.2) is 18.4 Å². The van der Waals surface area contributed by atoms with Crippen LogP contribution in [0.4, 0.5) is 0 Å². The number of hydrogen-bond acceptors (Lipinski definition) is 6. The first kappa shape index (κ1) is 23.9. The Morgan fingerprint density at radius 3 is 2.44 bits per heavy atom. The van der Waals surface area contributed by atoms with Crippen molar-refractivity contribution < 1.29 is 34.3 Å². The van der Waals surface area contributed by atoms with Gasteiger partial charge in [-0.1, -0.05) is 18.2 Å². The van der Waals surface area contributed by atoms with Gasteiger partial charge in [0, 0.05) is 29.2 Å². The Hall–Kier alpha value is -4.73. The van der Waals surface area contributed by atoms with Crippen molar-refractivity contribution in [3.63, 3.8) is 0 Å². The first-order valence-corrected chi connectivity index (χ1v) is 10.2. The number of para-hydroxylation sites is 1. The van der Waals surface area contributed by atoms with E-state index in [0.29, 0.717) is 28.2 Å². The van der Waals surface area contributed by atoms with Crippen molar-refractivity contribution in [1.82, 2.24) is 15.3 Å². The summed E-state index contributed by atoms with van der Waals surface area (Å²) >= 11 is 0. The lowest BCUT2D eigenvalue weighted by Crippen LogP contribution is -2.44. The number of amides is 1. The molecular formula is C24H22N4O6. The minimum atomic E-state index is -1.19. The van der Waals surface area contributed by atoms with Crippen LogP contribution in [0.3, 0.4) is 0 Å². The number of carboxylic acid groups (broad SMARTS) is 2. The molecular weight excluding hydrogens is 440 g/mol. The summed E-state index contributed by atoms with van der Waals surface area (Å²) in [5, 5.41) is 20.8. The molecule has 0 saturated heterocycles. The molecule has 0 fully saturated rings. The number of aromatic amines is 2. The van der Waals surface area contributed by atoms with Crippen molar-refractivity contribution >= 4 is 28.9 Å². The highest BCUT2D eigenvalue weighted by Gasteiger charge is 2.22. The molecule has 2 heterocycles. The number of carbonyl (C=O) groups is 3. The minimum Gasteiger partial charge on any atom is -0.550 e. The number of fused-ring (bicyclic) bond motifs is 1. The number of nitrogens with zero attached hydrogens (tertiary/aromatic N) is 1. The summed E-state index contributed by atoms with van der Waals surface area (Å²) < 4.78 is 5.47. The van der Waals surface area contributed by atoms with Crippen LogP contribution in [0.15, 0.2) is 73.1 Å². The lowest BCUT2D eigenvalue weighted by molar-refractivity contribution is -0.377. The Kier molecular flexibility index (Phi) is 7.90. The molecule has 4 aromatic rings. The number of carbonyl (C=O) groups excluding carboxylic acids is 2. The van der Waals surface area contributed by atoms with Crippen LogP contribution in [-0.2, 0) is 9.59 Å². The number of rotatable bonds is 7. The summed E-state index contributed by atoms with van der Waals surface area (Å²) in [6, 6.07) is 16.4. The van der Waals surface area contributed by atoms with Crippen LogP contribution in [0.25, 0.3) is 22.4 Å². The van der Waals surface area contributed by atoms with Gasteiger partial charge >= 0.3 is 5.97 Å². The van der Waals surface area contributed by atoms with E-state index >= 15 is 0 Å². The highest BCUT2D eigenvalue weighted by Crippen LogP contribution is 2.20. The highest BCUT2D eigenvalue weighted by atomic mass is 16.5. The third-order valence-electron chi connectivity index (χ3n) is 4.50. The second-order valence-electron chi connectivity index (χ2n) is 7.09. The molecule has 10 heteroatoms. The number of ether oxygens (including phenoxy) is 1.